The van der Waals surface area contributed by atoms with Crippen LogP contribution < -0.4 is 16.4 Å². The standard InChI is InChI=1S/C18H20ClN3O2/c1-2-12-7-8-13(11-16(12)22-17(23)9-10-20)21-18(24)14-5-3-4-6-15(14)19/h3-8,11H,2,9-10,20H2,1H3,(H,21,24)(H,22,23). The number of rotatable bonds is 6. The molecule has 126 valence electrons. The first-order valence-corrected chi connectivity index (χ1v) is 8.11. The van der Waals surface area contributed by atoms with E-state index in [1.807, 2.05) is 13.0 Å². The summed E-state index contributed by atoms with van der Waals surface area (Å²) in [6.07, 6.45) is 1.01. The fraction of sp³-hybridized carbons (Fsp3) is 0.222. The predicted molar refractivity (Wildman–Crippen MR) is 97.5 cm³/mol. The second kappa shape index (κ2) is 8.47. The Morgan fingerprint density at radius 2 is 1.88 bits per heavy atom. The van der Waals surface area contributed by atoms with Gasteiger partial charge < -0.3 is 16.4 Å². The average Bonchev–Trinajstić information content (AvgIpc) is 2.55. The number of nitrogens with one attached hydrogen (secondary N) is 2. The van der Waals surface area contributed by atoms with Gasteiger partial charge in [0.15, 0.2) is 0 Å². The summed E-state index contributed by atoms with van der Waals surface area (Å²) >= 11 is 6.04. The van der Waals surface area contributed by atoms with Crippen molar-refractivity contribution >= 4 is 34.8 Å². The molecule has 2 amide bonds. The highest BCUT2D eigenvalue weighted by molar-refractivity contribution is 6.34. The highest BCUT2D eigenvalue weighted by Crippen LogP contribution is 2.23. The summed E-state index contributed by atoms with van der Waals surface area (Å²) in [5, 5.41) is 6.01. The van der Waals surface area contributed by atoms with Gasteiger partial charge in [0.25, 0.3) is 5.91 Å². The number of anilines is 2. The van der Waals surface area contributed by atoms with Crippen LogP contribution in [0.15, 0.2) is 42.5 Å². The number of aryl methyl sites for hydroxylation is 1. The molecule has 2 aromatic carbocycles. The number of amides is 2. The molecule has 0 aliphatic heterocycles. The van der Waals surface area contributed by atoms with Crippen LogP contribution in [0.5, 0.6) is 0 Å². The molecule has 0 saturated heterocycles. The average molecular weight is 346 g/mol. The van der Waals surface area contributed by atoms with Gasteiger partial charge in [-0.1, -0.05) is 36.7 Å². The molecular weight excluding hydrogens is 326 g/mol. The van der Waals surface area contributed by atoms with Crippen molar-refractivity contribution in [3.63, 3.8) is 0 Å². The monoisotopic (exact) mass is 345 g/mol. The number of halogens is 1. The summed E-state index contributed by atoms with van der Waals surface area (Å²) in [6, 6.07) is 12.2. The van der Waals surface area contributed by atoms with E-state index >= 15 is 0 Å². The predicted octanol–water partition coefficient (Wildman–Crippen LogP) is 3.44. The van der Waals surface area contributed by atoms with Crippen LogP contribution in [0, 0.1) is 0 Å². The highest BCUT2D eigenvalue weighted by Gasteiger charge is 2.12. The molecule has 2 aromatic rings. The zero-order chi connectivity index (χ0) is 17.5. The topological polar surface area (TPSA) is 84.2 Å². The minimum Gasteiger partial charge on any atom is -0.330 e. The van der Waals surface area contributed by atoms with Crippen molar-refractivity contribution in [1.82, 2.24) is 0 Å². The number of nitrogens with two attached hydrogens (primary N) is 1. The van der Waals surface area contributed by atoms with Crippen molar-refractivity contribution in [1.29, 1.82) is 0 Å². The second-order valence-electron chi connectivity index (χ2n) is 5.25. The first kappa shape index (κ1) is 18.0. The third kappa shape index (κ3) is 4.57. The van der Waals surface area contributed by atoms with Crippen molar-refractivity contribution in [2.24, 2.45) is 5.73 Å². The van der Waals surface area contributed by atoms with Crippen LogP contribution in [0.3, 0.4) is 0 Å². The van der Waals surface area contributed by atoms with Gasteiger partial charge in [0.2, 0.25) is 5.91 Å². The molecule has 5 nitrogen and oxygen atoms in total. The molecule has 0 aromatic heterocycles. The Labute approximate surface area is 146 Å². The zero-order valence-electron chi connectivity index (χ0n) is 13.4. The molecule has 0 fully saturated rings. The van der Waals surface area contributed by atoms with E-state index in [9.17, 15) is 9.59 Å². The normalized spacial score (nSPS) is 10.3. The minimum absolute atomic E-state index is 0.151. The van der Waals surface area contributed by atoms with E-state index in [2.05, 4.69) is 10.6 Å². The first-order chi connectivity index (χ1) is 11.5. The number of carbonyl (C=O) groups is 2. The molecule has 0 aliphatic rings. The fourth-order valence-electron chi connectivity index (χ4n) is 2.27. The largest absolute Gasteiger partial charge is 0.330 e. The SMILES string of the molecule is CCc1ccc(NC(=O)c2ccccc2Cl)cc1NC(=O)CCN. The number of hydrogen-bond acceptors (Lipinski definition) is 3. The molecule has 0 atom stereocenters. The van der Waals surface area contributed by atoms with E-state index < -0.39 is 0 Å². The molecule has 0 unspecified atom stereocenters. The van der Waals surface area contributed by atoms with Crippen molar-refractivity contribution in [3.8, 4) is 0 Å². The Morgan fingerprint density at radius 1 is 1.12 bits per heavy atom. The Hall–Kier alpha value is -2.37. The Bertz CT molecular complexity index is 747. The Balaban J connectivity index is 2.20. The van der Waals surface area contributed by atoms with E-state index in [-0.39, 0.29) is 24.8 Å². The third-order valence-electron chi connectivity index (χ3n) is 3.51. The summed E-state index contributed by atoms with van der Waals surface area (Å²) in [5.74, 6) is -0.453. The van der Waals surface area contributed by atoms with Gasteiger partial charge in [-0.2, -0.15) is 0 Å². The lowest BCUT2D eigenvalue weighted by Crippen LogP contribution is -2.18. The van der Waals surface area contributed by atoms with Gasteiger partial charge in [0.05, 0.1) is 10.6 Å². The lowest BCUT2D eigenvalue weighted by atomic mass is 10.1. The molecule has 4 N–H and O–H groups in total. The van der Waals surface area contributed by atoms with Gasteiger partial charge >= 0.3 is 0 Å². The molecule has 24 heavy (non-hydrogen) atoms. The fourth-order valence-corrected chi connectivity index (χ4v) is 2.49. The summed E-state index contributed by atoms with van der Waals surface area (Å²) in [4.78, 5) is 24.1. The summed E-state index contributed by atoms with van der Waals surface area (Å²) in [7, 11) is 0. The third-order valence-corrected chi connectivity index (χ3v) is 3.84. The molecule has 0 spiro atoms. The molecule has 0 heterocycles. The van der Waals surface area contributed by atoms with Crippen molar-refractivity contribution < 1.29 is 9.59 Å². The molecular formula is C18H20ClN3O2. The molecule has 0 radical (unpaired) electrons. The molecule has 0 bridgehead atoms. The van der Waals surface area contributed by atoms with Crippen LogP contribution in [-0.4, -0.2) is 18.4 Å². The molecule has 2 rings (SSSR count). The second-order valence-corrected chi connectivity index (χ2v) is 5.65. The van der Waals surface area contributed by atoms with Crippen LogP contribution in [0.2, 0.25) is 5.02 Å². The highest BCUT2D eigenvalue weighted by atomic mass is 35.5. The van der Waals surface area contributed by atoms with E-state index in [1.165, 1.54) is 0 Å². The molecule has 6 heteroatoms. The van der Waals surface area contributed by atoms with Gasteiger partial charge in [-0.25, -0.2) is 0 Å². The van der Waals surface area contributed by atoms with Crippen LogP contribution >= 0.6 is 11.6 Å². The molecule has 0 aliphatic carbocycles. The molecule has 0 saturated carbocycles. The maximum absolute atomic E-state index is 12.3. The van der Waals surface area contributed by atoms with E-state index in [0.717, 1.165) is 12.0 Å². The van der Waals surface area contributed by atoms with E-state index in [4.69, 9.17) is 17.3 Å². The van der Waals surface area contributed by atoms with Crippen LogP contribution in [0.4, 0.5) is 11.4 Å². The quantitative estimate of drug-likeness (QED) is 0.749. The number of carbonyl (C=O) groups excluding carboxylic acids is 2. The summed E-state index contributed by atoms with van der Waals surface area (Å²) in [6.45, 7) is 2.28. The minimum atomic E-state index is -0.302. The van der Waals surface area contributed by atoms with Gasteiger partial charge in [0, 0.05) is 24.3 Å². The summed E-state index contributed by atoms with van der Waals surface area (Å²) < 4.78 is 0. The van der Waals surface area contributed by atoms with Crippen LogP contribution in [0.1, 0.15) is 29.3 Å². The van der Waals surface area contributed by atoms with Crippen LogP contribution in [0.25, 0.3) is 0 Å². The lowest BCUT2D eigenvalue weighted by molar-refractivity contribution is -0.116. The maximum Gasteiger partial charge on any atom is 0.257 e. The van der Waals surface area contributed by atoms with Crippen LogP contribution in [-0.2, 0) is 11.2 Å². The van der Waals surface area contributed by atoms with Crippen molar-refractivity contribution in [3.05, 3.63) is 58.6 Å². The number of benzene rings is 2. The van der Waals surface area contributed by atoms with Gasteiger partial charge in [-0.3, -0.25) is 9.59 Å². The van der Waals surface area contributed by atoms with E-state index in [0.29, 0.717) is 22.0 Å². The van der Waals surface area contributed by atoms with Gasteiger partial charge in [-0.05, 0) is 36.2 Å². The lowest BCUT2D eigenvalue weighted by Gasteiger charge is -2.13. The maximum atomic E-state index is 12.3. The van der Waals surface area contributed by atoms with Crippen molar-refractivity contribution in [2.75, 3.05) is 17.2 Å². The number of hydrogen-bond donors (Lipinski definition) is 3. The van der Waals surface area contributed by atoms with Gasteiger partial charge in [-0.15, -0.1) is 0 Å². The first-order valence-electron chi connectivity index (χ1n) is 7.74. The van der Waals surface area contributed by atoms with Crippen molar-refractivity contribution in [2.45, 2.75) is 19.8 Å². The Morgan fingerprint density at radius 3 is 2.54 bits per heavy atom. The van der Waals surface area contributed by atoms with Gasteiger partial charge in [0.1, 0.15) is 0 Å². The Kier molecular flexibility index (Phi) is 6.35. The smallest absolute Gasteiger partial charge is 0.257 e. The summed E-state index contributed by atoms with van der Waals surface area (Å²) in [5.41, 5.74) is 8.03. The zero-order valence-corrected chi connectivity index (χ0v) is 14.2. The van der Waals surface area contributed by atoms with E-state index in [1.54, 1.807) is 36.4 Å².